The Morgan fingerprint density at radius 3 is 1.30 bits per heavy atom. The van der Waals surface area contributed by atoms with Crippen LogP contribution in [0.5, 0.6) is 0 Å². The van der Waals surface area contributed by atoms with Crippen LogP contribution in [0.15, 0.2) is 0 Å². The molecule has 3 heteroatoms. The van der Waals surface area contributed by atoms with Gasteiger partial charge in [0.1, 0.15) is 0 Å². The molecular formula is C27H56O3. The van der Waals surface area contributed by atoms with Crippen LogP contribution in [0.2, 0.25) is 0 Å². The molecule has 0 aromatic carbocycles. The van der Waals surface area contributed by atoms with Gasteiger partial charge in [-0.15, -0.1) is 0 Å². The van der Waals surface area contributed by atoms with Gasteiger partial charge in [0.05, 0.1) is 18.3 Å². The van der Waals surface area contributed by atoms with E-state index in [-0.39, 0.29) is 18.3 Å². The Morgan fingerprint density at radius 2 is 0.867 bits per heavy atom. The molecule has 3 nitrogen and oxygen atoms in total. The predicted octanol–water partition coefficient (Wildman–Crippen LogP) is 7.55. The van der Waals surface area contributed by atoms with E-state index < -0.39 is 0 Å². The number of rotatable bonds is 23. The molecule has 0 saturated heterocycles. The van der Waals surface area contributed by atoms with Gasteiger partial charge in [-0.2, -0.15) is 0 Å². The molecule has 0 aromatic heterocycles. The molecule has 30 heavy (non-hydrogen) atoms. The van der Waals surface area contributed by atoms with Gasteiger partial charge in [-0.1, -0.05) is 117 Å². The molecule has 0 aromatic rings. The van der Waals surface area contributed by atoms with Crippen molar-refractivity contribution >= 4 is 0 Å². The summed E-state index contributed by atoms with van der Waals surface area (Å²) in [5.74, 6) is 0.341. The van der Waals surface area contributed by atoms with Gasteiger partial charge in [0, 0.05) is 0 Å². The Balaban J connectivity index is 3.39. The van der Waals surface area contributed by atoms with Crippen LogP contribution in [-0.4, -0.2) is 33.6 Å². The molecule has 4 unspecified atom stereocenters. The molecule has 0 radical (unpaired) electrons. The maximum absolute atomic E-state index is 10.2. The molecule has 0 bridgehead atoms. The summed E-state index contributed by atoms with van der Waals surface area (Å²) in [6.45, 7) is 6.39. The van der Waals surface area contributed by atoms with E-state index in [9.17, 15) is 15.3 Å². The van der Waals surface area contributed by atoms with Gasteiger partial charge in [-0.05, 0) is 38.0 Å². The molecule has 182 valence electrons. The van der Waals surface area contributed by atoms with E-state index in [1.165, 1.54) is 77.0 Å². The first-order valence-corrected chi connectivity index (χ1v) is 13.5. The average molecular weight is 429 g/mol. The van der Waals surface area contributed by atoms with Crippen LogP contribution in [0.4, 0.5) is 0 Å². The van der Waals surface area contributed by atoms with Crippen LogP contribution in [-0.2, 0) is 0 Å². The second kappa shape index (κ2) is 22.1. The van der Waals surface area contributed by atoms with Crippen LogP contribution in [0.3, 0.4) is 0 Å². The maximum Gasteiger partial charge on any atom is 0.0564 e. The summed E-state index contributed by atoms with van der Waals surface area (Å²) < 4.78 is 0. The van der Waals surface area contributed by atoms with E-state index in [2.05, 4.69) is 13.8 Å². The monoisotopic (exact) mass is 428 g/mol. The fraction of sp³-hybridized carbons (Fsp3) is 1.00. The molecule has 0 heterocycles. The van der Waals surface area contributed by atoms with Crippen LogP contribution in [0.25, 0.3) is 0 Å². The summed E-state index contributed by atoms with van der Waals surface area (Å²) in [6.07, 6.45) is 22.5. The highest BCUT2D eigenvalue weighted by Crippen LogP contribution is 2.18. The average Bonchev–Trinajstić information content (AvgIpc) is 2.73. The van der Waals surface area contributed by atoms with Crippen LogP contribution in [0, 0.1) is 5.92 Å². The lowest BCUT2D eigenvalue weighted by atomic mass is 9.94. The Kier molecular flexibility index (Phi) is 22.0. The van der Waals surface area contributed by atoms with E-state index >= 15 is 0 Å². The second-order valence-corrected chi connectivity index (χ2v) is 9.81. The summed E-state index contributed by atoms with van der Waals surface area (Å²) in [4.78, 5) is 0. The molecule has 0 rings (SSSR count). The third-order valence-corrected chi connectivity index (χ3v) is 6.71. The Morgan fingerprint density at radius 1 is 0.500 bits per heavy atom. The van der Waals surface area contributed by atoms with E-state index in [1.807, 2.05) is 6.92 Å². The lowest BCUT2D eigenvalue weighted by Gasteiger charge is -2.18. The van der Waals surface area contributed by atoms with Gasteiger partial charge in [-0.3, -0.25) is 0 Å². The molecule has 4 atom stereocenters. The lowest BCUT2D eigenvalue weighted by Crippen LogP contribution is -2.18. The van der Waals surface area contributed by atoms with Gasteiger partial charge < -0.3 is 15.3 Å². The molecule has 0 fully saturated rings. The minimum absolute atomic E-state index is 0.197. The molecule has 3 N–H and O–H groups in total. The highest BCUT2D eigenvalue weighted by atomic mass is 16.3. The molecule has 0 aliphatic rings. The zero-order chi connectivity index (χ0) is 22.5. The summed E-state index contributed by atoms with van der Waals surface area (Å²) in [5, 5.41) is 30.1. The minimum Gasteiger partial charge on any atom is -0.393 e. The first kappa shape index (κ1) is 29.9. The summed E-state index contributed by atoms with van der Waals surface area (Å²) >= 11 is 0. The van der Waals surface area contributed by atoms with Crippen LogP contribution in [0.1, 0.15) is 149 Å². The number of aliphatic hydroxyl groups is 3. The van der Waals surface area contributed by atoms with Crippen molar-refractivity contribution in [3.05, 3.63) is 0 Å². The number of hydrogen-bond acceptors (Lipinski definition) is 3. The van der Waals surface area contributed by atoms with E-state index in [0.717, 1.165) is 44.9 Å². The van der Waals surface area contributed by atoms with Crippen LogP contribution >= 0.6 is 0 Å². The molecule has 0 amide bonds. The zero-order valence-electron chi connectivity index (χ0n) is 20.8. The standard InChI is InChI=1S/C27H56O3/c1-4-6-7-8-9-10-11-12-13-14-15-16-17-21-25(28)23-26(29)22-19-18-20-24(3)27(30)5-2/h24-30H,4-23H2,1-3H3. The van der Waals surface area contributed by atoms with Gasteiger partial charge >= 0.3 is 0 Å². The van der Waals surface area contributed by atoms with Gasteiger partial charge in [0.25, 0.3) is 0 Å². The van der Waals surface area contributed by atoms with Crippen molar-refractivity contribution in [3.63, 3.8) is 0 Å². The summed E-state index contributed by atoms with van der Waals surface area (Å²) in [7, 11) is 0. The Labute approximate surface area is 189 Å². The van der Waals surface area contributed by atoms with Crippen LogP contribution < -0.4 is 0 Å². The molecule has 0 saturated carbocycles. The molecule has 0 aliphatic carbocycles. The minimum atomic E-state index is -0.381. The number of aliphatic hydroxyl groups excluding tert-OH is 3. The first-order valence-electron chi connectivity index (χ1n) is 13.5. The molecular weight excluding hydrogens is 372 g/mol. The van der Waals surface area contributed by atoms with E-state index in [1.54, 1.807) is 0 Å². The normalized spacial score (nSPS) is 15.8. The SMILES string of the molecule is CCCCCCCCCCCCCCCC(O)CC(O)CCCCC(C)C(O)CC. The third kappa shape index (κ3) is 19.8. The summed E-state index contributed by atoms with van der Waals surface area (Å²) in [5.41, 5.74) is 0. The fourth-order valence-corrected chi connectivity index (χ4v) is 4.39. The Hall–Kier alpha value is -0.120. The quantitative estimate of drug-likeness (QED) is 0.147. The number of hydrogen-bond donors (Lipinski definition) is 3. The van der Waals surface area contributed by atoms with E-state index in [0.29, 0.717) is 12.3 Å². The lowest BCUT2D eigenvalue weighted by molar-refractivity contribution is 0.0668. The summed E-state index contributed by atoms with van der Waals surface area (Å²) in [6, 6.07) is 0. The zero-order valence-corrected chi connectivity index (χ0v) is 20.8. The predicted molar refractivity (Wildman–Crippen MR) is 131 cm³/mol. The largest absolute Gasteiger partial charge is 0.393 e. The van der Waals surface area contributed by atoms with Crippen molar-refractivity contribution in [2.24, 2.45) is 5.92 Å². The maximum atomic E-state index is 10.2. The highest BCUT2D eigenvalue weighted by Gasteiger charge is 2.14. The van der Waals surface area contributed by atoms with Gasteiger partial charge in [-0.25, -0.2) is 0 Å². The van der Waals surface area contributed by atoms with Gasteiger partial charge in [0.15, 0.2) is 0 Å². The Bertz CT molecular complexity index is 334. The van der Waals surface area contributed by atoms with Crippen molar-refractivity contribution in [2.75, 3.05) is 0 Å². The second-order valence-electron chi connectivity index (χ2n) is 9.81. The smallest absolute Gasteiger partial charge is 0.0564 e. The van der Waals surface area contributed by atoms with Crippen molar-refractivity contribution in [2.45, 2.75) is 167 Å². The first-order chi connectivity index (χ1) is 14.5. The van der Waals surface area contributed by atoms with E-state index in [4.69, 9.17) is 0 Å². The number of unbranched alkanes of at least 4 members (excludes halogenated alkanes) is 13. The van der Waals surface area contributed by atoms with Gasteiger partial charge in [0.2, 0.25) is 0 Å². The van der Waals surface area contributed by atoms with Crippen molar-refractivity contribution in [1.29, 1.82) is 0 Å². The van der Waals surface area contributed by atoms with Crippen molar-refractivity contribution < 1.29 is 15.3 Å². The van der Waals surface area contributed by atoms with Crippen molar-refractivity contribution in [1.82, 2.24) is 0 Å². The van der Waals surface area contributed by atoms with Crippen molar-refractivity contribution in [3.8, 4) is 0 Å². The fourth-order valence-electron chi connectivity index (χ4n) is 4.39. The third-order valence-electron chi connectivity index (χ3n) is 6.71. The molecule has 0 aliphatic heterocycles. The highest BCUT2D eigenvalue weighted by molar-refractivity contribution is 4.66. The molecule has 0 spiro atoms. The topological polar surface area (TPSA) is 60.7 Å².